The summed E-state index contributed by atoms with van der Waals surface area (Å²) in [7, 11) is 1.76. The van der Waals surface area contributed by atoms with Gasteiger partial charge < -0.3 is 19.9 Å². The second-order valence-corrected chi connectivity index (χ2v) is 7.82. The van der Waals surface area contributed by atoms with E-state index in [4.69, 9.17) is 25.4 Å². The SMILES string of the molecule is CCC(CC)n1c(C)nc2c(-c3cnc(N)cn3)nc(N3CCCC(OC)C3)nc21. The maximum atomic E-state index is 5.75. The third kappa shape index (κ3) is 3.69. The molecule has 1 atom stereocenters. The van der Waals surface area contributed by atoms with Crippen molar-refractivity contribution in [1.82, 2.24) is 29.5 Å². The van der Waals surface area contributed by atoms with Crippen molar-refractivity contribution < 1.29 is 4.74 Å². The van der Waals surface area contributed by atoms with Crippen LogP contribution in [0, 0.1) is 6.92 Å². The zero-order chi connectivity index (χ0) is 21.3. The van der Waals surface area contributed by atoms with Crippen molar-refractivity contribution >= 4 is 22.9 Å². The lowest BCUT2D eigenvalue weighted by atomic mass is 10.1. The van der Waals surface area contributed by atoms with Gasteiger partial charge in [-0.05, 0) is 32.6 Å². The Morgan fingerprint density at radius 3 is 2.63 bits per heavy atom. The molecule has 0 aromatic carbocycles. The first-order valence-electron chi connectivity index (χ1n) is 10.7. The summed E-state index contributed by atoms with van der Waals surface area (Å²) in [6, 6.07) is 0.330. The molecule has 1 aliphatic rings. The largest absolute Gasteiger partial charge is 0.382 e. The van der Waals surface area contributed by atoms with Crippen molar-refractivity contribution in [3.63, 3.8) is 0 Å². The minimum Gasteiger partial charge on any atom is -0.382 e. The first-order valence-corrected chi connectivity index (χ1v) is 10.7. The van der Waals surface area contributed by atoms with Crippen LogP contribution in [0.3, 0.4) is 0 Å². The van der Waals surface area contributed by atoms with Gasteiger partial charge in [-0.15, -0.1) is 0 Å². The quantitative estimate of drug-likeness (QED) is 0.660. The zero-order valence-electron chi connectivity index (χ0n) is 18.2. The number of piperidine rings is 1. The predicted molar refractivity (Wildman–Crippen MR) is 117 cm³/mol. The van der Waals surface area contributed by atoms with Crippen molar-refractivity contribution in [2.75, 3.05) is 30.8 Å². The molecule has 0 bridgehead atoms. The van der Waals surface area contributed by atoms with Gasteiger partial charge >= 0.3 is 0 Å². The summed E-state index contributed by atoms with van der Waals surface area (Å²) in [5, 5.41) is 0. The third-order valence-corrected chi connectivity index (χ3v) is 5.92. The highest BCUT2D eigenvalue weighted by molar-refractivity contribution is 5.87. The van der Waals surface area contributed by atoms with Gasteiger partial charge in [0.15, 0.2) is 5.65 Å². The monoisotopic (exact) mass is 410 g/mol. The Balaban J connectivity index is 1.92. The van der Waals surface area contributed by atoms with Gasteiger partial charge in [-0.25, -0.2) is 19.9 Å². The number of fused-ring (bicyclic) bond motifs is 1. The number of aryl methyl sites for hydroxylation is 1. The lowest BCUT2D eigenvalue weighted by molar-refractivity contribution is 0.0889. The average molecular weight is 411 g/mol. The number of nitrogens with two attached hydrogens (primary N) is 1. The Hall–Kier alpha value is -2.81. The fourth-order valence-corrected chi connectivity index (χ4v) is 4.25. The van der Waals surface area contributed by atoms with Gasteiger partial charge in [0.05, 0.1) is 18.5 Å². The summed E-state index contributed by atoms with van der Waals surface area (Å²) >= 11 is 0. The first kappa shape index (κ1) is 20.5. The number of nitrogens with zero attached hydrogens (tertiary/aromatic N) is 7. The van der Waals surface area contributed by atoms with E-state index in [1.165, 1.54) is 0 Å². The van der Waals surface area contributed by atoms with E-state index in [9.17, 15) is 0 Å². The molecule has 0 spiro atoms. The molecule has 1 fully saturated rings. The van der Waals surface area contributed by atoms with E-state index in [0.717, 1.165) is 55.8 Å². The van der Waals surface area contributed by atoms with Gasteiger partial charge in [0.1, 0.15) is 28.5 Å². The highest BCUT2D eigenvalue weighted by Gasteiger charge is 2.26. The van der Waals surface area contributed by atoms with E-state index in [0.29, 0.717) is 29.2 Å². The second kappa shape index (κ2) is 8.51. The fraction of sp³-hybridized carbons (Fsp3) is 0.571. The Kier molecular flexibility index (Phi) is 5.80. The number of anilines is 2. The normalized spacial score (nSPS) is 17.2. The lowest BCUT2D eigenvalue weighted by Crippen LogP contribution is -2.40. The molecule has 30 heavy (non-hydrogen) atoms. The minimum atomic E-state index is 0.184. The Morgan fingerprint density at radius 2 is 1.97 bits per heavy atom. The molecular formula is C21H30N8O. The molecule has 0 saturated carbocycles. The highest BCUT2D eigenvalue weighted by atomic mass is 16.5. The minimum absolute atomic E-state index is 0.184. The molecule has 160 valence electrons. The molecular weight excluding hydrogens is 380 g/mol. The molecule has 0 amide bonds. The Morgan fingerprint density at radius 1 is 1.17 bits per heavy atom. The molecule has 3 aromatic heterocycles. The topological polar surface area (TPSA) is 108 Å². The molecule has 0 aliphatic carbocycles. The maximum absolute atomic E-state index is 5.75. The van der Waals surface area contributed by atoms with Crippen LogP contribution in [0.5, 0.6) is 0 Å². The van der Waals surface area contributed by atoms with E-state index in [1.807, 2.05) is 6.92 Å². The van der Waals surface area contributed by atoms with Crippen molar-refractivity contribution in [2.45, 2.75) is 58.6 Å². The smallest absolute Gasteiger partial charge is 0.228 e. The Bertz CT molecular complexity index is 1010. The van der Waals surface area contributed by atoms with Gasteiger partial charge in [0.2, 0.25) is 5.95 Å². The summed E-state index contributed by atoms with van der Waals surface area (Å²) in [6.07, 6.45) is 7.50. The van der Waals surface area contributed by atoms with Gasteiger partial charge in [-0.2, -0.15) is 4.98 Å². The third-order valence-electron chi connectivity index (χ3n) is 5.92. The van der Waals surface area contributed by atoms with Gasteiger partial charge in [-0.3, -0.25) is 0 Å². The highest BCUT2D eigenvalue weighted by Crippen LogP contribution is 2.31. The average Bonchev–Trinajstić information content (AvgIpc) is 3.11. The van der Waals surface area contributed by atoms with Crippen LogP contribution < -0.4 is 10.6 Å². The molecule has 9 nitrogen and oxygen atoms in total. The standard InChI is InChI=1S/C21H30N8O/c1-5-14(6-2)29-13(3)25-19-18(16-10-24-17(22)11-23-16)26-21(27-20(19)29)28-9-7-8-15(12-28)30-4/h10-11,14-15H,5-9,12H2,1-4H3,(H2,22,24). The molecule has 0 radical (unpaired) electrons. The van der Waals surface area contributed by atoms with Crippen LogP contribution in [0.2, 0.25) is 0 Å². The van der Waals surface area contributed by atoms with Crippen molar-refractivity contribution in [1.29, 1.82) is 0 Å². The molecule has 4 heterocycles. The molecule has 2 N–H and O–H groups in total. The Labute approximate surface area is 176 Å². The van der Waals surface area contributed by atoms with Crippen molar-refractivity contribution in [3.8, 4) is 11.4 Å². The maximum Gasteiger partial charge on any atom is 0.228 e. The number of methoxy groups -OCH3 is 1. The molecule has 9 heteroatoms. The summed E-state index contributed by atoms with van der Waals surface area (Å²) in [6.45, 7) is 8.09. The second-order valence-electron chi connectivity index (χ2n) is 7.82. The molecule has 4 rings (SSSR count). The summed E-state index contributed by atoms with van der Waals surface area (Å²) < 4.78 is 7.85. The van der Waals surface area contributed by atoms with Crippen LogP contribution in [0.4, 0.5) is 11.8 Å². The summed E-state index contributed by atoms with van der Waals surface area (Å²) in [5.74, 6) is 2.00. The van der Waals surface area contributed by atoms with Crippen LogP contribution in [-0.2, 0) is 4.74 Å². The number of imidazole rings is 1. The van der Waals surface area contributed by atoms with Crippen LogP contribution in [0.25, 0.3) is 22.6 Å². The van der Waals surface area contributed by atoms with E-state index in [1.54, 1.807) is 19.5 Å². The van der Waals surface area contributed by atoms with E-state index >= 15 is 0 Å². The van der Waals surface area contributed by atoms with Gasteiger partial charge in [0, 0.05) is 26.2 Å². The number of hydrogen-bond acceptors (Lipinski definition) is 8. The predicted octanol–water partition coefficient (Wildman–Crippen LogP) is 3.15. The first-order chi connectivity index (χ1) is 14.5. The van der Waals surface area contributed by atoms with Gasteiger partial charge in [-0.1, -0.05) is 13.8 Å². The van der Waals surface area contributed by atoms with Crippen LogP contribution >= 0.6 is 0 Å². The van der Waals surface area contributed by atoms with E-state index in [-0.39, 0.29) is 6.10 Å². The van der Waals surface area contributed by atoms with Crippen LogP contribution in [0.1, 0.15) is 51.4 Å². The molecule has 1 aliphatic heterocycles. The van der Waals surface area contributed by atoms with Crippen molar-refractivity contribution in [2.24, 2.45) is 0 Å². The van der Waals surface area contributed by atoms with E-state index < -0.39 is 0 Å². The van der Waals surface area contributed by atoms with Crippen LogP contribution in [-0.4, -0.2) is 55.8 Å². The number of aromatic nitrogens is 6. The molecule has 1 saturated heterocycles. The number of ether oxygens (including phenoxy) is 1. The van der Waals surface area contributed by atoms with Crippen molar-refractivity contribution in [3.05, 3.63) is 18.2 Å². The zero-order valence-corrected chi connectivity index (χ0v) is 18.2. The number of hydrogen-bond donors (Lipinski definition) is 1. The molecule has 3 aromatic rings. The van der Waals surface area contributed by atoms with Crippen LogP contribution in [0.15, 0.2) is 12.4 Å². The van der Waals surface area contributed by atoms with Gasteiger partial charge in [0.25, 0.3) is 0 Å². The molecule has 1 unspecified atom stereocenters. The summed E-state index contributed by atoms with van der Waals surface area (Å²) in [4.78, 5) is 25.6. The lowest BCUT2D eigenvalue weighted by Gasteiger charge is -2.32. The number of nitrogen functional groups attached to an aromatic ring is 1. The fourth-order valence-electron chi connectivity index (χ4n) is 4.25. The number of rotatable bonds is 6. The summed E-state index contributed by atoms with van der Waals surface area (Å²) in [5.41, 5.74) is 8.68. The van der Waals surface area contributed by atoms with E-state index in [2.05, 4.69) is 33.3 Å².